The minimum absolute atomic E-state index is 0.179. The molecule has 1 aliphatic heterocycles. The van der Waals surface area contributed by atoms with Crippen molar-refractivity contribution in [2.45, 2.75) is 31.4 Å². The molecule has 88 valence electrons. The molecule has 0 spiro atoms. The van der Waals surface area contributed by atoms with E-state index in [-0.39, 0.29) is 6.10 Å². The SMILES string of the molecule is C=CCCC(O)CC1CN(C)CCN1C. The van der Waals surface area contributed by atoms with E-state index < -0.39 is 0 Å². The van der Waals surface area contributed by atoms with Crippen molar-refractivity contribution in [3.05, 3.63) is 12.7 Å². The maximum absolute atomic E-state index is 9.84. The molecule has 2 unspecified atom stereocenters. The second kappa shape index (κ2) is 6.26. The zero-order valence-electron chi connectivity index (χ0n) is 10.0. The molecule has 1 N–H and O–H groups in total. The van der Waals surface area contributed by atoms with Crippen LogP contribution in [0.3, 0.4) is 0 Å². The first-order chi connectivity index (χ1) is 7.13. The van der Waals surface area contributed by atoms with Gasteiger partial charge in [-0.1, -0.05) is 6.08 Å². The number of allylic oxidation sites excluding steroid dienone is 1. The Morgan fingerprint density at radius 2 is 2.20 bits per heavy atom. The highest BCUT2D eigenvalue weighted by Crippen LogP contribution is 2.14. The summed E-state index contributed by atoms with van der Waals surface area (Å²) < 4.78 is 0. The summed E-state index contributed by atoms with van der Waals surface area (Å²) in [7, 11) is 4.30. The van der Waals surface area contributed by atoms with Crippen LogP contribution >= 0.6 is 0 Å². The van der Waals surface area contributed by atoms with Crippen LogP contribution in [0.4, 0.5) is 0 Å². The van der Waals surface area contributed by atoms with Gasteiger partial charge in [-0.2, -0.15) is 0 Å². The summed E-state index contributed by atoms with van der Waals surface area (Å²) >= 11 is 0. The molecule has 1 aliphatic rings. The molecule has 1 heterocycles. The summed E-state index contributed by atoms with van der Waals surface area (Å²) in [6.07, 6.45) is 4.33. The number of aliphatic hydroxyl groups is 1. The van der Waals surface area contributed by atoms with Gasteiger partial charge in [0.15, 0.2) is 0 Å². The van der Waals surface area contributed by atoms with Gasteiger partial charge in [0.25, 0.3) is 0 Å². The lowest BCUT2D eigenvalue weighted by Gasteiger charge is -2.38. The number of rotatable bonds is 5. The van der Waals surface area contributed by atoms with E-state index in [1.165, 1.54) is 0 Å². The molecule has 1 rings (SSSR count). The van der Waals surface area contributed by atoms with Gasteiger partial charge >= 0.3 is 0 Å². The van der Waals surface area contributed by atoms with E-state index in [1.54, 1.807) is 0 Å². The fourth-order valence-corrected chi connectivity index (χ4v) is 2.10. The van der Waals surface area contributed by atoms with Crippen LogP contribution in [0.1, 0.15) is 19.3 Å². The third kappa shape index (κ3) is 4.33. The molecule has 3 heteroatoms. The Bertz CT molecular complexity index is 196. The summed E-state index contributed by atoms with van der Waals surface area (Å²) in [6, 6.07) is 0.503. The minimum atomic E-state index is -0.179. The molecule has 2 atom stereocenters. The molecule has 0 aromatic carbocycles. The molecule has 0 aromatic rings. The first-order valence-electron chi connectivity index (χ1n) is 5.81. The lowest BCUT2D eigenvalue weighted by atomic mass is 10.0. The van der Waals surface area contributed by atoms with Crippen molar-refractivity contribution in [3.8, 4) is 0 Å². The molecule has 0 aromatic heterocycles. The Morgan fingerprint density at radius 3 is 2.87 bits per heavy atom. The Morgan fingerprint density at radius 1 is 1.47 bits per heavy atom. The molecule has 3 nitrogen and oxygen atoms in total. The maximum atomic E-state index is 9.84. The average Bonchev–Trinajstić information content (AvgIpc) is 2.20. The van der Waals surface area contributed by atoms with Crippen molar-refractivity contribution < 1.29 is 5.11 Å². The van der Waals surface area contributed by atoms with Crippen LogP contribution in [0.2, 0.25) is 0 Å². The Hall–Kier alpha value is -0.380. The number of aliphatic hydroxyl groups excluding tert-OH is 1. The molecule has 1 fully saturated rings. The molecule has 15 heavy (non-hydrogen) atoms. The normalized spacial score (nSPS) is 26.5. The second-order valence-electron chi connectivity index (χ2n) is 4.65. The standard InChI is InChI=1S/C12H24N2O/c1-4-5-6-12(15)9-11-10-13(2)7-8-14(11)3/h4,11-12,15H,1,5-10H2,2-3H3. The molecule has 0 radical (unpaired) electrons. The molecule has 1 saturated heterocycles. The van der Waals surface area contributed by atoms with E-state index in [2.05, 4.69) is 30.5 Å². The van der Waals surface area contributed by atoms with E-state index in [9.17, 15) is 5.11 Å². The summed E-state index contributed by atoms with van der Waals surface area (Å²) in [6.45, 7) is 6.99. The van der Waals surface area contributed by atoms with Gasteiger partial charge in [0.05, 0.1) is 6.10 Å². The van der Waals surface area contributed by atoms with Gasteiger partial charge in [-0.25, -0.2) is 0 Å². The number of hydrogen-bond donors (Lipinski definition) is 1. The quantitative estimate of drug-likeness (QED) is 0.687. The largest absolute Gasteiger partial charge is 0.393 e. The van der Waals surface area contributed by atoms with Crippen molar-refractivity contribution in [1.82, 2.24) is 9.80 Å². The number of hydrogen-bond acceptors (Lipinski definition) is 3. The number of likely N-dealkylation sites (N-methyl/N-ethyl adjacent to an activating group) is 2. The van der Waals surface area contributed by atoms with E-state index in [0.29, 0.717) is 6.04 Å². The predicted molar refractivity (Wildman–Crippen MR) is 64.0 cm³/mol. The third-order valence-electron chi connectivity index (χ3n) is 3.23. The molecule has 0 amide bonds. The van der Waals surface area contributed by atoms with Gasteiger partial charge in [-0.3, -0.25) is 0 Å². The monoisotopic (exact) mass is 212 g/mol. The fourth-order valence-electron chi connectivity index (χ4n) is 2.10. The van der Waals surface area contributed by atoms with Gasteiger partial charge in [0.1, 0.15) is 0 Å². The highest BCUT2D eigenvalue weighted by molar-refractivity contribution is 4.81. The summed E-state index contributed by atoms with van der Waals surface area (Å²) in [5.41, 5.74) is 0. The molecular formula is C12H24N2O. The van der Waals surface area contributed by atoms with E-state index >= 15 is 0 Å². The zero-order chi connectivity index (χ0) is 11.3. The summed E-state index contributed by atoms with van der Waals surface area (Å²) in [5.74, 6) is 0. The van der Waals surface area contributed by atoms with E-state index in [1.807, 2.05) is 6.08 Å². The molecule has 0 aliphatic carbocycles. The van der Waals surface area contributed by atoms with Crippen LogP contribution in [0.25, 0.3) is 0 Å². The second-order valence-corrected chi connectivity index (χ2v) is 4.65. The average molecular weight is 212 g/mol. The highest BCUT2D eigenvalue weighted by atomic mass is 16.3. The fraction of sp³-hybridized carbons (Fsp3) is 0.833. The van der Waals surface area contributed by atoms with Crippen molar-refractivity contribution in [3.63, 3.8) is 0 Å². The van der Waals surface area contributed by atoms with Gasteiger partial charge in [-0.15, -0.1) is 6.58 Å². The van der Waals surface area contributed by atoms with Crippen LogP contribution in [0, 0.1) is 0 Å². The predicted octanol–water partition coefficient (Wildman–Crippen LogP) is 0.949. The lowest BCUT2D eigenvalue weighted by Crippen LogP contribution is -2.50. The van der Waals surface area contributed by atoms with Crippen LogP contribution in [-0.4, -0.2) is 60.8 Å². The van der Waals surface area contributed by atoms with Gasteiger partial charge in [-0.05, 0) is 33.4 Å². The number of piperazine rings is 1. The summed E-state index contributed by atoms with van der Waals surface area (Å²) in [5, 5.41) is 9.84. The van der Waals surface area contributed by atoms with Crippen LogP contribution in [0.15, 0.2) is 12.7 Å². The highest BCUT2D eigenvalue weighted by Gasteiger charge is 2.23. The zero-order valence-corrected chi connectivity index (χ0v) is 10.0. The molecule has 0 bridgehead atoms. The summed E-state index contributed by atoms with van der Waals surface area (Å²) in [4.78, 5) is 4.70. The molecule has 0 saturated carbocycles. The van der Waals surface area contributed by atoms with E-state index in [0.717, 1.165) is 38.9 Å². The third-order valence-corrected chi connectivity index (χ3v) is 3.23. The van der Waals surface area contributed by atoms with Crippen LogP contribution in [-0.2, 0) is 0 Å². The first-order valence-corrected chi connectivity index (χ1v) is 5.81. The van der Waals surface area contributed by atoms with Crippen molar-refractivity contribution >= 4 is 0 Å². The van der Waals surface area contributed by atoms with Crippen LogP contribution < -0.4 is 0 Å². The van der Waals surface area contributed by atoms with Crippen LogP contribution in [0.5, 0.6) is 0 Å². The lowest BCUT2D eigenvalue weighted by molar-refractivity contribution is 0.0609. The topological polar surface area (TPSA) is 26.7 Å². The van der Waals surface area contributed by atoms with Gasteiger partial charge < -0.3 is 14.9 Å². The van der Waals surface area contributed by atoms with Crippen molar-refractivity contribution in [2.75, 3.05) is 33.7 Å². The Labute approximate surface area is 93.4 Å². The van der Waals surface area contributed by atoms with Gasteiger partial charge in [0.2, 0.25) is 0 Å². The Balaban J connectivity index is 2.31. The van der Waals surface area contributed by atoms with Gasteiger partial charge in [0, 0.05) is 25.7 Å². The molecular weight excluding hydrogens is 188 g/mol. The number of nitrogens with zero attached hydrogens (tertiary/aromatic N) is 2. The van der Waals surface area contributed by atoms with Crippen molar-refractivity contribution in [1.29, 1.82) is 0 Å². The maximum Gasteiger partial charge on any atom is 0.0558 e. The first kappa shape index (κ1) is 12.7. The van der Waals surface area contributed by atoms with Crippen molar-refractivity contribution in [2.24, 2.45) is 0 Å². The minimum Gasteiger partial charge on any atom is -0.393 e. The van der Waals surface area contributed by atoms with E-state index in [4.69, 9.17) is 0 Å². The Kier molecular flexibility index (Phi) is 5.29. The smallest absolute Gasteiger partial charge is 0.0558 e.